The molecule has 0 spiro atoms. The van der Waals surface area contributed by atoms with Gasteiger partial charge in [-0.3, -0.25) is 0 Å². The van der Waals surface area contributed by atoms with Gasteiger partial charge in [-0.25, -0.2) is 0 Å². The summed E-state index contributed by atoms with van der Waals surface area (Å²) in [6, 6.07) is 2.44. The SMILES string of the molecule is CC.CC1=CC(C2(CC#N)CCCCC2)CC(Br)=C1. The molecule has 0 heterocycles. The van der Waals surface area contributed by atoms with E-state index < -0.39 is 0 Å². The van der Waals surface area contributed by atoms with E-state index >= 15 is 0 Å². The number of nitrogens with zero attached hydrogens (tertiary/aromatic N) is 1. The van der Waals surface area contributed by atoms with E-state index in [0.29, 0.717) is 5.92 Å². The molecule has 0 aromatic heterocycles. The number of nitriles is 1. The molecule has 0 radical (unpaired) electrons. The minimum Gasteiger partial charge on any atom is -0.198 e. The summed E-state index contributed by atoms with van der Waals surface area (Å²) in [5.74, 6) is 0.557. The van der Waals surface area contributed by atoms with Crippen molar-refractivity contribution in [3.8, 4) is 6.07 Å². The maximum Gasteiger partial charge on any atom is 0.0627 e. The number of rotatable bonds is 2. The van der Waals surface area contributed by atoms with Crippen LogP contribution in [0.5, 0.6) is 0 Å². The highest BCUT2D eigenvalue weighted by molar-refractivity contribution is 9.11. The quantitative estimate of drug-likeness (QED) is 0.600. The molecule has 0 aromatic carbocycles. The minimum absolute atomic E-state index is 0.252. The van der Waals surface area contributed by atoms with E-state index in [2.05, 4.69) is 41.1 Å². The number of hydrogen-bond donors (Lipinski definition) is 0. The molecule has 2 aliphatic carbocycles. The van der Waals surface area contributed by atoms with Crippen LogP contribution in [0.1, 0.15) is 65.7 Å². The molecule has 1 atom stereocenters. The molecule has 19 heavy (non-hydrogen) atoms. The fourth-order valence-electron chi connectivity index (χ4n) is 3.43. The summed E-state index contributed by atoms with van der Waals surface area (Å²) >= 11 is 3.65. The lowest BCUT2D eigenvalue weighted by Crippen LogP contribution is -2.32. The van der Waals surface area contributed by atoms with E-state index in [0.717, 1.165) is 12.8 Å². The summed E-state index contributed by atoms with van der Waals surface area (Å²) in [7, 11) is 0. The Bertz CT molecular complexity index is 381. The second-order valence-corrected chi connectivity index (χ2v) is 6.59. The maximum atomic E-state index is 9.15. The highest BCUT2D eigenvalue weighted by Gasteiger charge is 2.39. The van der Waals surface area contributed by atoms with Crippen molar-refractivity contribution in [2.24, 2.45) is 11.3 Å². The van der Waals surface area contributed by atoms with Gasteiger partial charge >= 0.3 is 0 Å². The van der Waals surface area contributed by atoms with Crippen LogP contribution >= 0.6 is 15.9 Å². The zero-order valence-corrected chi connectivity index (χ0v) is 14.1. The Hall–Kier alpha value is -0.550. The zero-order chi connectivity index (χ0) is 14.3. The van der Waals surface area contributed by atoms with E-state index in [1.54, 1.807) is 0 Å². The first-order valence-electron chi connectivity index (χ1n) is 7.58. The number of hydrogen-bond acceptors (Lipinski definition) is 1. The lowest BCUT2D eigenvalue weighted by atomic mass is 9.62. The molecule has 0 aromatic rings. The van der Waals surface area contributed by atoms with Crippen LogP contribution in [0.15, 0.2) is 22.2 Å². The van der Waals surface area contributed by atoms with Crippen LogP contribution in [0, 0.1) is 22.7 Å². The summed E-state index contributed by atoms with van der Waals surface area (Å²) < 4.78 is 1.30. The van der Waals surface area contributed by atoms with E-state index in [1.807, 2.05) is 13.8 Å². The van der Waals surface area contributed by atoms with Gasteiger partial charge in [0.2, 0.25) is 0 Å². The summed E-state index contributed by atoms with van der Waals surface area (Å²) in [4.78, 5) is 0. The predicted octanol–water partition coefficient (Wildman–Crippen LogP) is 6.12. The topological polar surface area (TPSA) is 23.8 Å². The molecule has 2 rings (SSSR count). The second-order valence-electron chi connectivity index (χ2n) is 5.57. The van der Waals surface area contributed by atoms with Gasteiger partial charge < -0.3 is 0 Å². The van der Waals surface area contributed by atoms with Crippen molar-refractivity contribution in [3.63, 3.8) is 0 Å². The first kappa shape index (κ1) is 16.5. The van der Waals surface area contributed by atoms with Gasteiger partial charge in [-0.05, 0) is 48.1 Å². The van der Waals surface area contributed by atoms with Gasteiger partial charge in [-0.2, -0.15) is 5.26 Å². The van der Waals surface area contributed by atoms with Gasteiger partial charge in [0, 0.05) is 6.42 Å². The molecule has 1 unspecified atom stereocenters. The minimum atomic E-state index is 0.252. The fourth-order valence-corrected chi connectivity index (χ4v) is 4.14. The number of allylic oxidation sites excluding steroid dienone is 4. The molecular weight excluding hydrogens is 298 g/mol. The molecule has 1 saturated carbocycles. The lowest BCUT2D eigenvalue weighted by Gasteiger charge is -2.42. The van der Waals surface area contributed by atoms with Crippen LogP contribution in [0.3, 0.4) is 0 Å². The molecule has 0 amide bonds. The van der Waals surface area contributed by atoms with Crippen LogP contribution in [-0.4, -0.2) is 0 Å². The van der Waals surface area contributed by atoms with Crippen LogP contribution < -0.4 is 0 Å². The first-order chi connectivity index (χ1) is 9.16. The Morgan fingerprint density at radius 1 is 1.32 bits per heavy atom. The first-order valence-corrected chi connectivity index (χ1v) is 8.37. The summed E-state index contributed by atoms with van der Waals surface area (Å²) in [5.41, 5.74) is 1.60. The Kier molecular flexibility index (Phi) is 6.86. The van der Waals surface area contributed by atoms with Crippen LogP contribution in [0.2, 0.25) is 0 Å². The van der Waals surface area contributed by atoms with Crippen molar-refractivity contribution in [1.82, 2.24) is 0 Å². The third-order valence-electron chi connectivity index (χ3n) is 4.33. The van der Waals surface area contributed by atoms with Crippen molar-refractivity contribution < 1.29 is 0 Å². The molecular formula is C17H26BrN. The third kappa shape index (κ3) is 4.21. The largest absolute Gasteiger partial charge is 0.198 e. The van der Waals surface area contributed by atoms with E-state index in [1.165, 1.54) is 42.2 Å². The Balaban J connectivity index is 0.000000861. The van der Waals surface area contributed by atoms with Crippen molar-refractivity contribution in [2.45, 2.75) is 65.7 Å². The van der Waals surface area contributed by atoms with E-state index in [-0.39, 0.29) is 5.41 Å². The van der Waals surface area contributed by atoms with Gasteiger partial charge in [-0.1, -0.05) is 60.7 Å². The Morgan fingerprint density at radius 3 is 2.47 bits per heavy atom. The third-order valence-corrected chi connectivity index (χ3v) is 4.88. The monoisotopic (exact) mass is 323 g/mol. The van der Waals surface area contributed by atoms with E-state index in [9.17, 15) is 0 Å². The average molecular weight is 324 g/mol. The molecule has 0 aliphatic heterocycles. The molecule has 0 saturated heterocycles. The van der Waals surface area contributed by atoms with Crippen molar-refractivity contribution in [3.05, 3.63) is 22.2 Å². The molecule has 0 bridgehead atoms. The van der Waals surface area contributed by atoms with Gasteiger partial charge in [0.05, 0.1) is 6.07 Å². The Morgan fingerprint density at radius 2 is 1.95 bits per heavy atom. The van der Waals surface area contributed by atoms with Gasteiger partial charge in [0.15, 0.2) is 0 Å². The van der Waals surface area contributed by atoms with Crippen molar-refractivity contribution in [1.29, 1.82) is 5.26 Å². The smallest absolute Gasteiger partial charge is 0.0627 e. The number of halogens is 1. The normalized spacial score (nSPS) is 25.3. The van der Waals surface area contributed by atoms with Crippen LogP contribution in [-0.2, 0) is 0 Å². The average Bonchev–Trinajstić information content (AvgIpc) is 2.41. The standard InChI is InChI=1S/C15H20BrN.C2H6/c1-12-9-13(11-14(16)10-12)15(7-8-17)5-3-2-4-6-15;1-2/h9-10,13H,2-7,11H2,1H3;1-2H3. The predicted molar refractivity (Wildman–Crippen MR) is 86.0 cm³/mol. The Labute approximate surface area is 126 Å². The molecule has 1 nitrogen and oxygen atoms in total. The van der Waals surface area contributed by atoms with Crippen LogP contribution in [0.4, 0.5) is 0 Å². The van der Waals surface area contributed by atoms with Crippen molar-refractivity contribution >= 4 is 15.9 Å². The lowest BCUT2D eigenvalue weighted by molar-refractivity contribution is 0.129. The van der Waals surface area contributed by atoms with E-state index in [4.69, 9.17) is 5.26 Å². The van der Waals surface area contributed by atoms with Crippen molar-refractivity contribution in [2.75, 3.05) is 0 Å². The van der Waals surface area contributed by atoms with Gasteiger partial charge in [0.25, 0.3) is 0 Å². The highest BCUT2D eigenvalue weighted by Crippen LogP contribution is 2.50. The maximum absolute atomic E-state index is 9.15. The summed E-state index contributed by atoms with van der Waals surface area (Å²) in [6.45, 7) is 6.16. The molecule has 2 heteroatoms. The highest BCUT2D eigenvalue weighted by atomic mass is 79.9. The fraction of sp³-hybridized carbons (Fsp3) is 0.706. The molecule has 1 fully saturated rings. The zero-order valence-electron chi connectivity index (χ0n) is 12.5. The molecule has 2 aliphatic rings. The summed E-state index contributed by atoms with van der Waals surface area (Å²) in [5, 5.41) is 9.15. The van der Waals surface area contributed by atoms with Crippen LogP contribution in [0.25, 0.3) is 0 Å². The molecule has 106 valence electrons. The second kappa shape index (κ2) is 7.90. The van der Waals surface area contributed by atoms with Gasteiger partial charge in [0.1, 0.15) is 0 Å². The summed E-state index contributed by atoms with van der Waals surface area (Å²) in [6.07, 6.45) is 12.8. The van der Waals surface area contributed by atoms with Gasteiger partial charge in [-0.15, -0.1) is 0 Å². The molecule has 0 N–H and O–H groups in total.